The van der Waals surface area contributed by atoms with Crippen molar-refractivity contribution in [1.29, 1.82) is 0 Å². The smallest absolute Gasteiger partial charge is 0.226 e. The van der Waals surface area contributed by atoms with Crippen LogP contribution in [0.1, 0.15) is 81.4 Å². The summed E-state index contributed by atoms with van der Waals surface area (Å²) in [6, 6.07) is 8.44. The monoisotopic (exact) mass is 382 g/mol. The molecule has 152 valence electrons. The molecule has 1 unspecified atom stereocenters. The second-order valence-corrected chi connectivity index (χ2v) is 8.91. The molecule has 2 saturated carbocycles. The molecule has 2 amide bonds. The fraction of sp³-hybridized carbons (Fsp3) is 0.667. The molecule has 3 aliphatic rings. The number of nitrogens with zero attached hydrogens (tertiary/aromatic N) is 1. The summed E-state index contributed by atoms with van der Waals surface area (Å²) in [5.41, 5.74) is 2.55. The van der Waals surface area contributed by atoms with Crippen molar-refractivity contribution in [2.24, 2.45) is 11.8 Å². The molecule has 2 aliphatic carbocycles. The van der Waals surface area contributed by atoms with E-state index in [4.69, 9.17) is 0 Å². The molecule has 0 radical (unpaired) electrons. The van der Waals surface area contributed by atoms with Crippen LogP contribution in [0.15, 0.2) is 24.3 Å². The summed E-state index contributed by atoms with van der Waals surface area (Å²) in [5.74, 6) is 0.838. The highest BCUT2D eigenvalue weighted by Gasteiger charge is 2.35. The van der Waals surface area contributed by atoms with E-state index in [0.717, 1.165) is 51.5 Å². The van der Waals surface area contributed by atoms with E-state index < -0.39 is 0 Å². The number of carbonyl (C=O) groups is 2. The van der Waals surface area contributed by atoms with Crippen LogP contribution in [0.25, 0.3) is 0 Å². The van der Waals surface area contributed by atoms with Gasteiger partial charge in [0, 0.05) is 24.9 Å². The molecule has 4 nitrogen and oxygen atoms in total. The van der Waals surface area contributed by atoms with Crippen LogP contribution in [0, 0.1) is 11.8 Å². The van der Waals surface area contributed by atoms with E-state index >= 15 is 0 Å². The summed E-state index contributed by atoms with van der Waals surface area (Å²) in [6.45, 7) is 1.32. The summed E-state index contributed by atoms with van der Waals surface area (Å²) in [6.07, 6.45) is 12.2. The molecule has 0 bridgehead atoms. The minimum absolute atomic E-state index is 0.0214. The molecule has 4 heteroatoms. The Morgan fingerprint density at radius 2 is 1.54 bits per heavy atom. The van der Waals surface area contributed by atoms with Gasteiger partial charge in [-0.2, -0.15) is 0 Å². The lowest BCUT2D eigenvalue weighted by molar-refractivity contribution is -0.140. The normalized spacial score (nSPS) is 23.9. The molecule has 0 spiro atoms. The van der Waals surface area contributed by atoms with Crippen molar-refractivity contribution in [2.45, 2.75) is 76.7 Å². The van der Waals surface area contributed by atoms with Crippen molar-refractivity contribution in [1.82, 2.24) is 10.2 Å². The van der Waals surface area contributed by atoms with Gasteiger partial charge in [0.15, 0.2) is 0 Å². The third-order valence-corrected chi connectivity index (χ3v) is 7.10. The zero-order valence-electron chi connectivity index (χ0n) is 17.0. The van der Waals surface area contributed by atoms with E-state index in [0.29, 0.717) is 12.5 Å². The van der Waals surface area contributed by atoms with Gasteiger partial charge in [-0.3, -0.25) is 9.59 Å². The largest absolute Gasteiger partial charge is 0.353 e. The van der Waals surface area contributed by atoms with Crippen LogP contribution in [0.5, 0.6) is 0 Å². The Balaban J connectivity index is 1.49. The lowest BCUT2D eigenvalue weighted by atomic mass is 9.85. The molecule has 0 aromatic heterocycles. The molecule has 4 rings (SSSR count). The van der Waals surface area contributed by atoms with Gasteiger partial charge in [-0.05, 0) is 43.2 Å². The van der Waals surface area contributed by atoms with Crippen LogP contribution in [0.3, 0.4) is 0 Å². The average molecular weight is 383 g/mol. The highest BCUT2D eigenvalue weighted by Crippen LogP contribution is 2.34. The zero-order chi connectivity index (χ0) is 19.3. The molecule has 1 aromatic carbocycles. The third-order valence-electron chi connectivity index (χ3n) is 7.10. The van der Waals surface area contributed by atoms with Gasteiger partial charge in [-0.25, -0.2) is 0 Å². The number of benzene rings is 1. The lowest BCUT2D eigenvalue weighted by Gasteiger charge is -2.40. The second kappa shape index (κ2) is 9.11. The average Bonchev–Trinajstić information content (AvgIpc) is 2.77. The first-order chi connectivity index (χ1) is 13.7. The number of hydrogen-bond acceptors (Lipinski definition) is 2. The Morgan fingerprint density at radius 3 is 2.25 bits per heavy atom. The summed E-state index contributed by atoms with van der Waals surface area (Å²) in [4.78, 5) is 28.1. The maximum atomic E-state index is 13.3. The maximum absolute atomic E-state index is 13.3. The number of fused-ring (bicyclic) bond motifs is 1. The molecule has 1 heterocycles. The van der Waals surface area contributed by atoms with Gasteiger partial charge in [-0.15, -0.1) is 0 Å². The molecule has 0 saturated heterocycles. The molecule has 1 aromatic rings. The molecule has 2 fully saturated rings. The predicted octanol–water partition coefficient (Wildman–Crippen LogP) is 4.39. The zero-order valence-corrected chi connectivity index (χ0v) is 17.0. The van der Waals surface area contributed by atoms with Gasteiger partial charge in [0.05, 0.1) is 6.04 Å². The van der Waals surface area contributed by atoms with Gasteiger partial charge in [0.2, 0.25) is 11.8 Å². The fourth-order valence-corrected chi connectivity index (χ4v) is 5.43. The van der Waals surface area contributed by atoms with Crippen molar-refractivity contribution in [3.05, 3.63) is 35.4 Å². The van der Waals surface area contributed by atoms with Crippen molar-refractivity contribution in [3.8, 4) is 0 Å². The van der Waals surface area contributed by atoms with Gasteiger partial charge >= 0.3 is 0 Å². The summed E-state index contributed by atoms with van der Waals surface area (Å²) in [5, 5.41) is 3.22. The molecule has 1 atom stereocenters. The SMILES string of the molecule is O=C(NCC1c2ccccc2CCN1C(=O)C1CCCCC1)C1CCCCC1. The highest BCUT2D eigenvalue weighted by molar-refractivity contribution is 5.81. The van der Waals surface area contributed by atoms with Crippen molar-refractivity contribution in [3.63, 3.8) is 0 Å². The van der Waals surface area contributed by atoms with Gasteiger partial charge < -0.3 is 10.2 Å². The van der Waals surface area contributed by atoms with Crippen LogP contribution < -0.4 is 5.32 Å². The van der Waals surface area contributed by atoms with E-state index in [1.807, 2.05) is 0 Å². The van der Waals surface area contributed by atoms with Crippen molar-refractivity contribution < 1.29 is 9.59 Å². The van der Waals surface area contributed by atoms with Crippen LogP contribution in [-0.4, -0.2) is 29.8 Å². The Morgan fingerprint density at radius 1 is 0.893 bits per heavy atom. The van der Waals surface area contributed by atoms with Crippen LogP contribution in [0.2, 0.25) is 0 Å². The molecule has 1 N–H and O–H groups in total. The third kappa shape index (κ3) is 4.26. The first-order valence-electron chi connectivity index (χ1n) is 11.4. The second-order valence-electron chi connectivity index (χ2n) is 8.91. The Hall–Kier alpha value is -1.84. The van der Waals surface area contributed by atoms with Crippen LogP contribution in [0.4, 0.5) is 0 Å². The van der Waals surface area contributed by atoms with Gasteiger partial charge in [-0.1, -0.05) is 62.8 Å². The van der Waals surface area contributed by atoms with E-state index in [1.54, 1.807) is 0 Å². The maximum Gasteiger partial charge on any atom is 0.226 e. The Labute approximate surface area is 169 Å². The summed E-state index contributed by atoms with van der Waals surface area (Å²) >= 11 is 0. The quantitative estimate of drug-likeness (QED) is 0.840. The molecule has 1 aliphatic heterocycles. The van der Waals surface area contributed by atoms with E-state index in [-0.39, 0.29) is 23.8 Å². The molecule has 28 heavy (non-hydrogen) atoms. The van der Waals surface area contributed by atoms with Crippen molar-refractivity contribution in [2.75, 3.05) is 13.1 Å². The minimum Gasteiger partial charge on any atom is -0.353 e. The van der Waals surface area contributed by atoms with Crippen LogP contribution >= 0.6 is 0 Å². The standard InChI is InChI=1S/C24H34N2O2/c27-23(19-10-3-1-4-11-19)25-17-22-21-14-8-7-9-18(21)15-16-26(22)24(28)20-12-5-2-6-13-20/h7-9,14,19-20,22H,1-6,10-13,15-17H2,(H,25,27). The number of hydrogen-bond donors (Lipinski definition) is 1. The van der Waals surface area contributed by atoms with Crippen LogP contribution in [-0.2, 0) is 16.0 Å². The topological polar surface area (TPSA) is 49.4 Å². The summed E-state index contributed by atoms with van der Waals surface area (Å²) in [7, 11) is 0. The number of carbonyl (C=O) groups excluding carboxylic acids is 2. The minimum atomic E-state index is -0.0214. The number of rotatable bonds is 4. The van der Waals surface area contributed by atoms with Gasteiger partial charge in [0.1, 0.15) is 0 Å². The molecular weight excluding hydrogens is 348 g/mol. The van der Waals surface area contributed by atoms with E-state index in [9.17, 15) is 9.59 Å². The van der Waals surface area contributed by atoms with Gasteiger partial charge in [0.25, 0.3) is 0 Å². The number of nitrogens with one attached hydrogen (secondary N) is 1. The molecular formula is C24H34N2O2. The first kappa shape index (κ1) is 19.5. The van der Waals surface area contributed by atoms with Crippen molar-refractivity contribution >= 4 is 11.8 Å². The highest BCUT2D eigenvalue weighted by atomic mass is 16.2. The Bertz CT molecular complexity index is 690. The Kier molecular flexibility index (Phi) is 6.33. The summed E-state index contributed by atoms with van der Waals surface area (Å²) < 4.78 is 0. The van der Waals surface area contributed by atoms with E-state index in [2.05, 4.69) is 34.5 Å². The first-order valence-corrected chi connectivity index (χ1v) is 11.4. The van der Waals surface area contributed by atoms with E-state index in [1.165, 1.54) is 36.8 Å². The fourth-order valence-electron chi connectivity index (χ4n) is 5.43. The predicted molar refractivity (Wildman–Crippen MR) is 111 cm³/mol. The lowest BCUT2D eigenvalue weighted by Crippen LogP contribution is -2.48. The number of amides is 2.